The largest absolute Gasteiger partial charge is 0.507 e. The van der Waals surface area contributed by atoms with Crippen molar-refractivity contribution < 1.29 is 10.2 Å². The van der Waals surface area contributed by atoms with Crippen LogP contribution in [0.15, 0.2) is 168 Å². The van der Waals surface area contributed by atoms with E-state index in [1.807, 2.05) is 60.7 Å². The third-order valence-corrected chi connectivity index (χ3v) is 7.59. The molecule has 0 spiro atoms. The smallest absolute Gasteiger partial charge is 0.124 e. The molecule has 0 amide bonds. The number of nitrogens with zero attached hydrogens (tertiary/aromatic N) is 2. The molecule has 0 aliphatic heterocycles. The Balaban J connectivity index is 1.45. The van der Waals surface area contributed by atoms with Crippen molar-refractivity contribution in [2.24, 2.45) is 9.98 Å². The Bertz CT molecular complexity index is 1720. The van der Waals surface area contributed by atoms with E-state index in [1.165, 1.54) is 0 Å². The fourth-order valence-corrected chi connectivity index (χ4v) is 5.45. The summed E-state index contributed by atoms with van der Waals surface area (Å²) < 4.78 is 0. The van der Waals surface area contributed by atoms with Crippen molar-refractivity contribution in [3.63, 3.8) is 0 Å². The molecule has 0 heterocycles. The second kappa shape index (κ2) is 12.4. The molecule has 0 saturated heterocycles. The van der Waals surface area contributed by atoms with E-state index >= 15 is 0 Å². The lowest BCUT2D eigenvalue weighted by Gasteiger charge is -2.37. The molecule has 6 aromatic carbocycles. The van der Waals surface area contributed by atoms with Gasteiger partial charge in [-0.15, -0.1) is 0 Å². The number of aromatic hydroxyl groups is 2. The van der Waals surface area contributed by atoms with Gasteiger partial charge in [0.2, 0.25) is 0 Å². The van der Waals surface area contributed by atoms with Crippen LogP contribution in [0.25, 0.3) is 0 Å². The van der Waals surface area contributed by atoms with Crippen LogP contribution in [0, 0.1) is 0 Å². The molecule has 0 aliphatic rings. The van der Waals surface area contributed by atoms with E-state index in [2.05, 4.69) is 82.8 Å². The van der Waals surface area contributed by atoms with Gasteiger partial charge in [0.25, 0.3) is 0 Å². The van der Waals surface area contributed by atoms with E-state index < -0.39 is 5.41 Å². The molecular formula is C39H30N2O2. The van der Waals surface area contributed by atoms with Gasteiger partial charge in [0.15, 0.2) is 0 Å². The minimum atomic E-state index is -0.609. The summed E-state index contributed by atoms with van der Waals surface area (Å²) in [6, 6.07) is 51.9. The molecule has 0 radical (unpaired) electrons. The average molecular weight is 559 g/mol. The minimum absolute atomic E-state index is 0.198. The van der Waals surface area contributed by atoms with Gasteiger partial charge in [0.05, 0.1) is 16.8 Å². The van der Waals surface area contributed by atoms with Gasteiger partial charge in [-0.25, -0.2) is 0 Å². The minimum Gasteiger partial charge on any atom is -0.507 e. The monoisotopic (exact) mass is 558 g/mol. The van der Waals surface area contributed by atoms with Gasteiger partial charge in [0, 0.05) is 23.6 Å². The van der Waals surface area contributed by atoms with Crippen LogP contribution < -0.4 is 0 Å². The molecule has 0 bridgehead atoms. The number of para-hydroxylation sites is 2. The highest BCUT2D eigenvalue weighted by Crippen LogP contribution is 2.45. The van der Waals surface area contributed by atoms with Gasteiger partial charge in [-0.2, -0.15) is 0 Å². The fourth-order valence-electron chi connectivity index (χ4n) is 5.45. The standard InChI is InChI=1S/C39H30N2O2/c42-37-17-9-7-11-29(37)27-40-35-23-19-33(20-24-35)39(31-13-3-1-4-14-31,32-15-5-2-6-16-32)34-21-25-36(26-22-34)41-28-30-12-8-10-18-38(30)43/h1-28,42-43H. The van der Waals surface area contributed by atoms with E-state index in [0.29, 0.717) is 11.1 Å². The molecule has 0 aromatic heterocycles. The fraction of sp³-hybridized carbons (Fsp3) is 0.0256. The van der Waals surface area contributed by atoms with Crippen molar-refractivity contribution in [2.45, 2.75) is 5.41 Å². The Morgan fingerprint density at radius 1 is 0.372 bits per heavy atom. The highest BCUT2D eigenvalue weighted by Gasteiger charge is 2.38. The Hall–Kier alpha value is -5.74. The zero-order chi connectivity index (χ0) is 29.5. The number of aliphatic imine (C=N–C) groups is 2. The second-order valence-electron chi connectivity index (χ2n) is 10.2. The van der Waals surface area contributed by atoms with Crippen LogP contribution in [0.4, 0.5) is 11.4 Å². The number of hydrogen-bond donors (Lipinski definition) is 2. The van der Waals surface area contributed by atoms with Crippen LogP contribution in [-0.4, -0.2) is 22.6 Å². The highest BCUT2D eigenvalue weighted by atomic mass is 16.3. The number of benzene rings is 6. The van der Waals surface area contributed by atoms with Gasteiger partial charge in [-0.1, -0.05) is 109 Å². The summed E-state index contributed by atoms with van der Waals surface area (Å²) in [4.78, 5) is 9.25. The third kappa shape index (κ3) is 5.72. The highest BCUT2D eigenvalue weighted by molar-refractivity contribution is 5.86. The number of phenolic OH excluding ortho intramolecular Hbond substituents is 2. The molecule has 0 atom stereocenters. The second-order valence-corrected chi connectivity index (χ2v) is 10.2. The summed E-state index contributed by atoms with van der Waals surface area (Å²) >= 11 is 0. The molecule has 4 nitrogen and oxygen atoms in total. The van der Waals surface area contributed by atoms with Crippen LogP contribution in [-0.2, 0) is 5.41 Å². The normalized spacial score (nSPS) is 11.7. The van der Waals surface area contributed by atoms with Crippen molar-refractivity contribution in [3.05, 3.63) is 191 Å². The zero-order valence-corrected chi connectivity index (χ0v) is 23.5. The summed E-state index contributed by atoms with van der Waals surface area (Å²) in [5, 5.41) is 20.3. The van der Waals surface area contributed by atoms with Crippen molar-refractivity contribution >= 4 is 23.8 Å². The van der Waals surface area contributed by atoms with E-state index in [9.17, 15) is 10.2 Å². The van der Waals surface area contributed by atoms with Gasteiger partial charge in [0.1, 0.15) is 11.5 Å². The lowest BCUT2D eigenvalue weighted by atomic mass is 9.65. The lowest BCUT2D eigenvalue weighted by Crippen LogP contribution is -2.30. The van der Waals surface area contributed by atoms with E-state index in [4.69, 9.17) is 0 Å². The maximum absolute atomic E-state index is 10.1. The molecule has 4 heteroatoms. The summed E-state index contributed by atoms with van der Waals surface area (Å²) in [6.45, 7) is 0. The van der Waals surface area contributed by atoms with Crippen LogP contribution in [0.5, 0.6) is 11.5 Å². The molecule has 6 rings (SSSR count). The topological polar surface area (TPSA) is 65.2 Å². The molecule has 43 heavy (non-hydrogen) atoms. The molecule has 0 aliphatic carbocycles. The van der Waals surface area contributed by atoms with Crippen molar-refractivity contribution in [1.29, 1.82) is 0 Å². The first kappa shape index (κ1) is 27.4. The zero-order valence-electron chi connectivity index (χ0n) is 23.5. The predicted octanol–water partition coefficient (Wildman–Crippen LogP) is 8.98. The summed E-state index contributed by atoms with van der Waals surface area (Å²) in [7, 11) is 0. The van der Waals surface area contributed by atoms with Crippen molar-refractivity contribution in [3.8, 4) is 11.5 Å². The Morgan fingerprint density at radius 3 is 1.07 bits per heavy atom. The number of rotatable bonds is 8. The first-order chi connectivity index (χ1) is 21.1. The molecule has 2 N–H and O–H groups in total. The Morgan fingerprint density at radius 2 is 0.698 bits per heavy atom. The predicted molar refractivity (Wildman–Crippen MR) is 175 cm³/mol. The Labute approximate surface area is 251 Å². The van der Waals surface area contributed by atoms with Crippen LogP contribution in [0.3, 0.4) is 0 Å². The Kier molecular flexibility index (Phi) is 7.92. The summed E-state index contributed by atoms with van der Waals surface area (Å²) in [5.74, 6) is 0.395. The van der Waals surface area contributed by atoms with Crippen LogP contribution in [0.2, 0.25) is 0 Å². The van der Waals surface area contributed by atoms with Gasteiger partial charge < -0.3 is 10.2 Å². The van der Waals surface area contributed by atoms with E-state index in [-0.39, 0.29) is 11.5 Å². The van der Waals surface area contributed by atoms with E-state index in [1.54, 1.807) is 36.7 Å². The van der Waals surface area contributed by atoms with Gasteiger partial charge in [-0.3, -0.25) is 9.98 Å². The molecule has 0 unspecified atom stereocenters. The average Bonchev–Trinajstić information content (AvgIpc) is 3.06. The SMILES string of the molecule is Oc1ccccc1C=Nc1ccc(C(c2ccccc2)(c2ccccc2)c2ccc(N=Cc3ccccc3O)cc2)cc1. The third-order valence-electron chi connectivity index (χ3n) is 7.59. The maximum Gasteiger partial charge on any atom is 0.124 e. The van der Waals surface area contributed by atoms with Gasteiger partial charge in [-0.05, 0) is 70.8 Å². The summed E-state index contributed by atoms with van der Waals surface area (Å²) in [6.07, 6.45) is 3.36. The molecule has 208 valence electrons. The first-order valence-electron chi connectivity index (χ1n) is 14.1. The van der Waals surface area contributed by atoms with Crippen LogP contribution >= 0.6 is 0 Å². The maximum atomic E-state index is 10.1. The van der Waals surface area contributed by atoms with Crippen molar-refractivity contribution in [1.82, 2.24) is 0 Å². The molecule has 0 fully saturated rings. The molecular weight excluding hydrogens is 528 g/mol. The van der Waals surface area contributed by atoms with E-state index in [0.717, 1.165) is 33.6 Å². The number of hydrogen-bond acceptors (Lipinski definition) is 4. The number of phenols is 2. The van der Waals surface area contributed by atoms with Crippen molar-refractivity contribution in [2.75, 3.05) is 0 Å². The molecule has 6 aromatic rings. The first-order valence-corrected chi connectivity index (χ1v) is 14.1. The quantitative estimate of drug-likeness (QED) is 0.145. The molecule has 0 saturated carbocycles. The van der Waals surface area contributed by atoms with Gasteiger partial charge >= 0.3 is 0 Å². The summed E-state index contributed by atoms with van der Waals surface area (Å²) in [5.41, 5.74) is 6.76. The lowest BCUT2D eigenvalue weighted by molar-refractivity contribution is 0.474. The van der Waals surface area contributed by atoms with Crippen LogP contribution in [0.1, 0.15) is 33.4 Å².